The van der Waals surface area contributed by atoms with Gasteiger partial charge in [-0.2, -0.15) is 0 Å². The molecule has 1 unspecified atom stereocenters. The molecule has 1 fully saturated rings. The first-order chi connectivity index (χ1) is 12.9. The number of halogens is 1. The molecule has 148 valence electrons. The van der Waals surface area contributed by atoms with Crippen LogP contribution in [-0.4, -0.2) is 67.3 Å². The highest BCUT2D eigenvalue weighted by atomic mass is 35.5. The Hall–Kier alpha value is -1.55. The van der Waals surface area contributed by atoms with Crippen LogP contribution in [-0.2, 0) is 10.0 Å². The largest absolute Gasteiger partial charge is 0.474 e. The summed E-state index contributed by atoms with van der Waals surface area (Å²) >= 11 is 5.82. The van der Waals surface area contributed by atoms with Gasteiger partial charge < -0.3 is 10.5 Å². The summed E-state index contributed by atoms with van der Waals surface area (Å²) in [5.41, 5.74) is 4.78. The van der Waals surface area contributed by atoms with Gasteiger partial charge in [-0.15, -0.1) is 0 Å². The van der Waals surface area contributed by atoms with Crippen molar-refractivity contribution in [3.63, 3.8) is 0 Å². The van der Waals surface area contributed by atoms with Gasteiger partial charge in [0.15, 0.2) is 0 Å². The van der Waals surface area contributed by atoms with Crippen molar-refractivity contribution in [2.24, 2.45) is 15.7 Å². The van der Waals surface area contributed by atoms with E-state index in [0.29, 0.717) is 56.2 Å². The molecule has 0 saturated carbocycles. The third-order valence-electron chi connectivity index (χ3n) is 4.72. The van der Waals surface area contributed by atoms with Crippen molar-refractivity contribution in [3.05, 3.63) is 23.4 Å². The van der Waals surface area contributed by atoms with Crippen molar-refractivity contribution in [3.8, 4) is 5.88 Å². The summed E-state index contributed by atoms with van der Waals surface area (Å²) in [6.07, 6.45) is 7.00. The molecule has 8 nitrogen and oxygen atoms in total. The van der Waals surface area contributed by atoms with Crippen LogP contribution in [0.3, 0.4) is 0 Å². The smallest absolute Gasteiger partial charge is 0.216 e. The third kappa shape index (κ3) is 5.25. The number of hydrogen-bond acceptors (Lipinski definition) is 7. The van der Waals surface area contributed by atoms with E-state index in [0.717, 1.165) is 0 Å². The molecule has 1 aromatic heterocycles. The molecular weight excluding hydrogens is 390 g/mol. The Labute approximate surface area is 164 Å². The average molecular weight is 414 g/mol. The summed E-state index contributed by atoms with van der Waals surface area (Å²) < 4.78 is 33.2. The number of hydrogen-bond donors (Lipinski definition) is 1. The molecule has 2 aliphatic rings. The minimum atomic E-state index is -3.46. The van der Waals surface area contributed by atoms with Crippen LogP contribution >= 0.6 is 11.6 Å². The first-order valence-electron chi connectivity index (χ1n) is 8.97. The molecule has 1 aromatic rings. The summed E-state index contributed by atoms with van der Waals surface area (Å²) in [6, 6.07) is 3.43. The summed E-state index contributed by atoms with van der Waals surface area (Å²) in [5.74, 6) is 0.419. The number of aromatic nitrogens is 1. The van der Waals surface area contributed by atoms with E-state index in [4.69, 9.17) is 22.1 Å². The lowest BCUT2D eigenvalue weighted by atomic mass is 9.99. The quantitative estimate of drug-likeness (QED) is 0.694. The molecule has 10 heteroatoms. The fraction of sp³-hybridized carbons (Fsp3) is 0.588. The second-order valence-corrected chi connectivity index (χ2v) is 9.21. The van der Waals surface area contributed by atoms with Crippen LogP contribution in [0.4, 0.5) is 0 Å². The molecule has 0 aliphatic carbocycles. The van der Waals surface area contributed by atoms with Crippen LogP contribution in [0.2, 0.25) is 5.02 Å². The molecule has 3 heterocycles. The normalized spacial score (nSPS) is 23.8. The van der Waals surface area contributed by atoms with Gasteiger partial charge in [0.2, 0.25) is 15.9 Å². The Kier molecular flexibility index (Phi) is 6.46. The van der Waals surface area contributed by atoms with Crippen LogP contribution < -0.4 is 10.5 Å². The highest BCUT2D eigenvalue weighted by molar-refractivity contribution is 7.89. The van der Waals surface area contributed by atoms with Gasteiger partial charge in [-0.05, 0) is 38.3 Å². The predicted octanol–water partition coefficient (Wildman–Crippen LogP) is 1.50. The van der Waals surface area contributed by atoms with Crippen LogP contribution in [0.15, 0.2) is 28.3 Å². The van der Waals surface area contributed by atoms with Gasteiger partial charge in [-0.3, -0.25) is 4.99 Å². The highest BCUT2D eigenvalue weighted by Crippen LogP contribution is 2.26. The molecule has 0 spiro atoms. The summed E-state index contributed by atoms with van der Waals surface area (Å²) in [5, 5.41) is 0.546. The summed E-state index contributed by atoms with van der Waals surface area (Å²) in [4.78, 5) is 12.4. The molecule has 1 saturated heterocycles. The summed E-state index contributed by atoms with van der Waals surface area (Å²) in [6.45, 7) is 1.31. The van der Waals surface area contributed by atoms with Crippen molar-refractivity contribution in [2.45, 2.75) is 37.3 Å². The lowest BCUT2D eigenvalue weighted by molar-refractivity contribution is 0.130. The monoisotopic (exact) mass is 413 g/mol. The molecule has 0 amide bonds. The first kappa shape index (κ1) is 20.2. The SMILES string of the molecule is NCCCC1(CS(=O)(=O)N2CCC(Oc3ccc(Cl)cn3)CC2)C=NC=N1. The molecule has 0 aromatic carbocycles. The molecule has 27 heavy (non-hydrogen) atoms. The number of ether oxygens (including phenoxy) is 1. The van der Waals surface area contributed by atoms with Gasteiger partial charge in [-0.25, -0.2) is 22.7 Å². The van der Waals surface area contributed by atoms with Crippen molar-refractivity contribution in [1.29, 1.82) is 0 Å². The Morgan fingerprint density at radius 1 is 1.33 bits per heavy atom. The Bertz CT molecular complexity index is 777. The second kappa shape index (κ2) is 8.64. The lowest BCUT2D eigenvalue weighted by Crippen LogP contribution is -2.47. The maximum atomic E-state index is 12.9. The number of nitrogens with two attached hydrogens (primary N) is 1. The topological polar surface area (TPSA) is 110 Å². The highest BCUT2D eigenvalue weighted by Gasteiger charge is 2.38. The number of piperidine rings is 1. The molecule has 3 rings (SSSR count). The maximum absolute atomic E-state index is 12.9. The van der Waals surface area contributed by atoms with Crippen molar-refractivity contribution < 1.29 is 13.2 Å². The average Bonchev–Trinajstić information content (AvgIpc) is 3.10. The number of aliphatic imine (C=N–C) groups is 2. The third-order valence-corrected chi connectivity index (χ3v) is 6.96. The molecule has 2 N–H and O–H groups in total. The first-order valence-corrected chi connectivity index (χ1v) is 11.0. The van der Waals surface area contributed by atoms with Crippen LogP contribution in [0, 0.1) is 0 Å². The molecular formula is C17H24ClN5O3S. The Morgan fingerprint density at radius 2 is 2.11 bits per heavy atom. The minimum absolute atomic E-state index is 0.0672. The minimum Gasteiger partial charge on any atom is -0.474 e. The van der Waals surface area contributed by atoms with E-state index in [1.807, 2.05) is 0 Å². The van der Waals surface area contributed by atoms with E-state index in [-0.39, 0.29) is 11.9 Å². The fourth-order valence-corrected chi connectivity index (χ4v) is 5.26. The van der Waals surface area contributed by atoms with Gasteiger partial charge in [0.05, 0.1) is 10.8 Å². The van der Waals surface area contributed by atoms with E-state index >= 15 is 0 Å². The van der Waals surface area contributed by atoms with E-state index in [9.17, 15) is 8.42 Å². The van der Waals surface area contributed by atoms with E-state index < -0.39 is 15.6 Å². The molecule has 0 radical (unpaired) electrons. The predicted molar refractivity (Wildman–Crippen MR) is 106 cm³/mol. The Balaban J connectivity index is 1.56. The molecule has 2 aliphatic heterocycles. The van der Waals surface area contributed by atoms with Crippen molar-refractivity contribution in [2.75, 3.05) is 25.4 Å². The van der Waals surface area contributed by atoms with E-state index in [2.05, 4.69) is 15.0 Å². The Morgan fingerprint density at radius 3 is 2.70 bits per heavy atom. The standard InChI is InChI=1S/C17H24ClN5O3S/c18-14-2-3-16(21-10-14)26-15-4-8-23(9-5-15)27(24,25)12-17(6-1-7-19)11-20-13-22-17/h2-3,10-11,13,15H,1,4-9,12,19H2. The zero-order chi connectivity index (χ0) is 19.3. The van der Waals surface area contributed by atoms with Crippen molar-refractivity contribution >= 4 is 34.2 Å². The van der Waals surface area contributed by atoms with E-state index in [1.54, 1.807) is 18.3 Å². The molecule has 1 atom stereocenters. The van der Waals surface area contributed by atoms with Gasteiger partial charge in [0, 0.05) is 31.6 Å². The fourth-order valence-electron chi connectivity index (χ4n) is 3.28. The number of pyridine rings is 1. The number of sulfonamides is 1. The van der Waals surface area contributed by atoms with Crippen molar-refractivity contribution in [1.82, 2.24) is 9.29 Å². The zero-order valence-corrected chi connectivity index (χ0v) is 16.6. The van der Waals surface area contributed by atoms with Gasteiger partial charge in [0.25, 0.3) is 0 Å². The van der Waals surface area contributed by atoms with Gasteiger partial charge in [-0.1, -0.05) is 11.6 Å². The van der Waals surface area contributed by atoms with Gasteiger partial charge in [0.1, 0.15) is 18.0 Å². The van der Waals surface area contributed by atoms with Crippen LogP contribution in [0.25, 0.3) is 0 Å². The molecule has 0 bridgehead atoms. The van der Waals surface area contributed by atoms with Crippen LogP contribution in [0.5, 0.6) is 5.88 Å². The van der Waals surface area contributed by atoms with Gasteiger partial charge >= 0.3 is 0 Å². The van der Waals surface area contributed by atoms with E-state index in [1.165, 1.54) is 16.8 Å². The van der Waals surface area contributed by atoms with Crippen LogP contribution in [0.1, 0.15) is 25.7 Å². The summed E-state index contributed by atoms with van der Waals surface area (Å²) in [7, 11) is -3.46. The number of nitrogens with zero attached hydrogens (tertiary/aromatic N) is 4. The zero-order valence-electron chi connectivity index (χ0n) is 15.0. The lowest BCUT2D eigenvalue weighted by Gasteiger charge is -2.33. The second-order valence-electron chi connectivity index (χ2n) is 6.81. The number of rotatable bonds is 8. The maximum Gasteiger partial charge on any atom is 0.216 e.